The zero-order chi connectivity index (χ0) is 25.1. The SMILES string of the molecule is Cc1cccc(NS(=O)(=O)c2ccc(NC(=O)CN(c3cccc(C)c3C)S(C)(=O)=O)cc2)c1. The standard InChI is InChI=1S/C24H27N3O5S2/c1-17-7-5-9-21(15-17)26-34(31,32)22-13-11-20(12-14-22)25-24(28)16-27(33(4,29)30)23-10-6-8-18(2)19(23)3/h5-15,26H,16H2,1-4H3,(H,25,28). The number of hydrogen-bond acceptors (Lipinski definition) is 5. The average molecular weight is 502 g/mol. The highest BCUT2D eigenvalue weighted by Crippen LogP contribution is 2.25. The number of benzene rings is 3. The van der Waals surface area contributed by atoms with E-state index in [1.807, 2.05) is 26.0 Å². The Bertz CT molecular complexity index is 1420. The molecule has 0 atom stereocenters. The van der Waals surface area contributed by atoms with Gasteiger partial charge in [0.2, 0.25) is 15.9 Å². The molecule has 0 unspecified atom stereocenters. The third-order valence-electron chi connectivity index (χ3n) is 5.25. The normalized spacial score (nSPS) is 11.6. The fourth-order valence-corrected chi connectivity index (χ4v) is 5.31. The number of nitrogens with one attached hydrogen (secondary N) is 2. The van der Waals surface area contributed by atoms with E-state index in [1.165, 1.54) is 24.3 Å². The lowest BCUT2D eigenvalue weighted by molar-refractivity contribution is -0.114. The van der Waals surface area contributed by atoms with E-state index >= 15 is 0 Å². The fraction of sp³-hybridized carbons (Fsp3) is 0.208. The molecule has 0 fully saturated rings. The maximum atomic E-state index is 12.6. The van der Waals surface area contributed by atoms with Gasteiger partial charge in [0, 0.05) is 11.4 Å². The zero-order valence-electron chi connectivity index (χ0n) is 19.4. The molecule has 0 saturated carbocycles. The topological polar surface area (TPSA) is 113 Å². The molecule has 3 rings (SSSR count). The van der Waals surface area contributed by atoms with E-state index in [9.17, 15) is 21.6 Å². The number of aryl methyl sites for hydroxylation is 2. The van der Waals surface area contributed by atoms with Crippen molar-refractivity contribution in [3.63, 3.8) is 0 Å². The second kappa shape index (κ2) is 9.86. The summed E-state index contributed by atoms with van der Waals surface area (Å²) in [6.45, 7) is 5.10. The largest absolute Gasteiger partial charge is 0.325 e. The maximum absolute atomic E-state index is 12.6. The summed E-state index contributed by atoms with van der Waals surface area (Å²) in [4.78, 5) is 12.7. The Morgan fingerprint density at radius 2 is 1.50 bits per heavy atom. The number of amides is 1. The minimum Gasteiger partial charge on any atom is -0.325 e. The number of carbonyl (C=O) groups excluding carboxylic acids is 1. The van der Waals surface area contributed by atoms with Gasteiger partial charge in [-0.05, 0) is 79.9 Å². The van der Waals surface area contributed by atoms with Gasteiger partial charge in [0.25, 0.3) is 10.0 Å². The number of hydrogen-bond donors (Lipinski definition) is 2. The van der Waals surface area contributed by atoms with E-state index < -0.39 is 32.5 Å². The van der Waals surface area contributed by atoms with E-state index in [4.69, 9.17) is 0 Å². The van der Waals surface area contributed by atoms with Crippen molar-refractivity contribution in [2.45, 2.75) is 25.7 Å². The Hall–Kier alpha value is -3.37. The number of carbonyl (C=O) groups is 1. The summed E-state index contributed by atoms with van der Waals surface area (Å²) in [5.41, 5.74) is 3.81. The minimum absolute atomic E-state index is 0.0279. The monoisotopic (exact) mass is 501 g/mol. The van der Waals surface area contributed by atoms with Gasteiger partial charge in [-0.2, -0.15) is 0 Å². The summed E-state index contributed by atoms with van der Waals surface area (Å²) < 4.78 is 53.6. The van der Waals surface area contributed by atoms with Crippen LogP contribution in [0.4, 0.5) is 17.1 Å². The Morgan fingerprint density at radius 1 is 0.853 bits per heavy atom. The van der Waals surface area contributed by atoms with E-state index in [0.717, 1.165) is 27.3 Å². The first kappa shape index (κ1) is 25.3. The van der Waals surface area contributed by atoms with Crippen LogP contribution in [0.5, 0.6) is 0 Å². The molecule has 8 nitrogen and oxygen atoms in total. The number of rotatable bonds is 8. The molecule has 10 heteroatoms. The van der Waals surface area contributed by atoms with Gasteiger partial charge < -0.3 is 5.32 Å². The van der Waals surface area contributed by atoms with Crippen LogP contribution in [0.1, 0.15) is 16.7 Å². The van der Waals surface area contributed by atoms with Crippen LogP contribution >= 0.6 is 0 Å². The zero-order valence-corrected chi connectivity index (χ0v) is 21.0. The molecule has 0 radical (unpaired) electrons. The molecule has 0 aliphatic carbocycles. The summed E-state index contributed by atoms with van der Waals surface area (Å²) >= 11 is 0. The van der Waals surface area contributed by atoms with Crippen molar-refractivity contribution in [2.24, 2.45) is 0 Å². The molecule has 0 bridgehead atoms. The molecule has 0 aliphatic rings. The number of sulfonamides is 2. The number of anilines is 3. The van der Waals surface area contributed by atoms with E-state index in [1.54, 1.807) is 37.3 Å². The molecule has 34 heavy (non-hydrogen) atoms. The first-order valence-corrected chi connectivity index (χ1v) is 13.7. The molecule has 0 aliphatic heterocycles. The van der Waals surface area contributed by atoms with Crippen molar-refractivity contribution in [1.82, 2.24) is 0 Å². The van der Waals surface area contributed by atoms with Gasteiger partial charge in [0.15, 0.2) is 0 Å². The second-order valence-electron chi connectivity index (χ2n) is 8.04. The van der Waals surface area contributed by atoms with Gasteiger partial charge >= 0.3 is 0 Å². The molecule has 0 spiro atoms. The molecule has 2 N–H and O–H groups in total. The molecular formula is C24H27N3O5S2. The average Bonchev–Trinajstić information content (AvgIpc) is 2.73. The van der Waals surface area contributed by atoms with Gasteiger partial charge in [0.1, 0.15) is 6.54 Å². The maximum Gasteiger partial charge on any atom is 0.261 e. The second-order valence-corrected chi connectivity index (χ2v) is 11.6. The van der Waals surface area contributed by atoms with Crippen LogP contribution in [0.25, 0.3) is 0 Å². The summed E-state index contributed by atoms with van der Waals surface area (Å²) in [5, 5.41) is 2.62. The first-order chi connectivity index (χ1) is 15.9. The van der Waals surface area contributed by atoms with Crippen LogP contribution in [0, 0.1) is 20.8 Å². The van der Waals surface area contributed by atoms with Crippen LogP contribution in [-0.4, -0.2) is 35.5 Å². The Balaban J connectivity index is 1.74. The van der Waals surface area contributed by atoms with Gasteiger partial charge in [-0.1, -0.05) is 24.3 Å². The lowest BCUT2D eigenvalue weighted by Gasteiger charge is -2.24. The van der Waals surface area contributed by atoms with Crippen LogP contribution in [0.2, 0.25) is 0 Å². The van der Waals surface area contributed by atoms with Gasteiger partial charge in [-0.25, -0.2) is 16.8 Å². The quantitative estimate of drug-likeness (QED) is 0.487. The van der Waals surface area contributed by atoms with E-state index in [2.05, 4.69) is 10.0 Å². The molecule has 3 aromatic rings. The molecule has 0 saturated heterocycles. The summed E-state index contributed by atoms with van der Waals surface area (Å²) in [5.74, 6) is -0.556. The lowest BCUT2D eigenvalue weighted by atomic mass is 10.1. The third-order valence-corrected chi connectivity index (χ3v) is 7.77. The number of nitrogens with zero attached hydrogens (tertiary/aromatic N) is 1. The van der Waals surface area contributed by atoms with Crippen LogP contribution in [-0.2, 0) is 24.8 Å². The smallest absolute Gasteiger partial charge is 0.261 e. The van der Waals surface area contributed by atoms with Gasteiger partial charge in [0.05, 0.1) is 16.8 Å². The van der Waals surface area contributed by atoms with Crippen molar-refractivity contribution in [2.75, 3.05) is 27.1 Å². The summed E-state index contributed by atoms with van der Waals surface area (Å²) in [6.07, 6.45) is 1.04. The van der Waals surface area contributed by atoms with E-state index in [-0.39, 0.29) is 4.90 Å². The molecule has 0 aromatic heterocycles. The Kier molecular flexibility index (Phi) is 7.32. The summed E-state index contributed by atoms with van der Waals surface area (Å²) in [7, 11) is -7.53. The molecule has 180 valence electrons. The lowest BCUT2D eigenvalue weighted by Crippen LogP contribution is -2.38. The highest BCUT2D eigenvalue weighted by Gasteiger charge is 2.23. The van der Waals surface area contributed by atoms with Crippen LogP contribution in [0.15, 0.2) is 71.6 Å². The van der Waals surface area contributed by atoms with Gasteiger partial charge in [-0.15, -0.1) is 0 Å². The van der Waals surface area contributed by atoms with E-state index in [0.29, 0.717) is 17.1 Å². The van der Waals surface area contributed by atoms with Crippen molar-refractivity contribution >= 4 is 43.0 Å². The predicted octanol–water partition coefficient (Wildman–Crippen LogP) is 3.82. The van der Waals surface area contributed by atoms with Crippen molar-refractivity contribution in [1.29, 1.82) is 0 Å². The van der Waals surface area contributed by atoms with Crippen molar-refractivity contribution in [3.8, 4) is 0 Å². The molecule has 0 heterocycles. The summed E-state index contributed by atoms with van der Waals surface area (Å²) in [6, 6.07) is 17.9. The van der Waals surface area contributed by atoms with Crippen molar-refractivity contribution < 1.29 is 21.6 Å². The third kappa shape index (κ3) is 6.15. The van der Waals surface area contributed by atoms with Crippen molar-refractivity contribution in [3.05, 3.63) is 83.4 Å². The Labute approximate surface area is 200 Å². The molecule has 1 amide bonds. The highest BCUT2D eigenvalue weighted by molar-refractivity contribution is 7.92. The highest BCUT2D eigenvalue weighted by atomic mass is 32.2. The first-order valence-electron chi connectivity index (χ1n) is 10.4. The minimum atomic E-state index is -3.81. The van der Waals surface area contributed by atoms with Crippen LogP contribution < -0.4 is 14.3 Å². The molecular weight excluding hydrogens is 474 g/mol. The predicted molar refractivity (Wildman–Crippen MR) is 135 cm³/mol. The molecule has 3 aromatic carbocycles. The Morgan fingerprint density at radius 3 is 2.12 bits per heavy atom. The van der Waals surface area contributed by atoms with Gasteiger partial charge in [-0.3, -0.25) is 13.8 Å². The van der Waals surface area contributed by atoms with Crippen LogP contribution in [0.3, 0.4) is 0 Å². The fourth-order valence-electron chi connectivity index (χ4n) is 3.36.